The van der Waals surface area contributed by atoms with Crippen molar-refractivity contribution in [1.29, 1.82) is 0 Å². The first-order valence-electron chi connectivity index (χ1n) is 8.05. The highest BCUT2D eigenvalue weighted by atomic mass is 35.5. The molecular weight excluding hydrogens is 372 g/mol. The van der Waals surface area contributed by atoms with Gasteiger partial charge in [0.15, 0.2) is 5.16 Å². The first-order valence-corrected chi connectivity index (χ1v) is 9.42. The van der Waals surface area contributed by atoms with E-state index < -0.39 is 0 Å². The Morgan fingerprint density at radius 2 is 1.88 bits per heavy atom. The molecule has 0 saturated heterocycles. The predicted octanol–water partition coefficient (Wildman–Crippen LogP) is 4.08. The van der Waals surface area contributed by atoms with Gasteiger partial charge in [-0.2, -0.15) is 0 Å². The third-order valence-corrected chi connectivity index (χ3v) is 4.68. The molecule has 3 rings (SSSR count). The molecule has 5 nitrogen and oxygen atoms in total. The average Bonchev–Trinajstić information content (AvgIpc) is 2.61. The maximum atomic E-state index is 13.0. The lowest BCUT2D eigenvalue weighted by atomic mass is 10.2. The summed E-state index contributed by atoms with van der Waals surface area (Å²) >= 11 is 7.12. The van der Waals surface area contributed by atoms with E-state index >= 15 is 0 Å². The summed E-state index contributed by atoms with van der Waals surface area (Å²) in [5, 5.41) is 1.51. The number of hydrogen-bond donors (Lipinski definition) is 0. The van der Waals surface area contributed by atoms with Gasteiger partial charge in [-0.1, -0.05) is 35.5 Å². The summed E-state index contributed by atoms with van der Waals surface area (Å²) in [4.78, 5) is 29.5. The van der Waals surface area contributed by atoms with Crippen LogP contribution >= 0.6 is 23.4 Å². The Balaban J connectivity index is 2.07. The molecule has 3 aromatic rings. The van der Waals surface area contributed by atoms with Crippen molar-refractivity contribution in [2.75, 3.05) is 5.75 Å². The van der Waals surface area contributed by atoms with Crippen molar-refractivity contribution < 1.29 is 9.53 Å². The normalized spacial score (nSPS) is 11.1. The van der Waals surface area contributed by atoms with E-state index in [9.17, 15) is 9.59 Å². The molecule has 0 amide bonds. The van der Waals surface area contributed by atoms with Gasteiger partial charge in [0, 0.05) is 5.02 Å². The maximum Gasteiger partial charge on any atom is 0.316 e. The van der Waals surface area contributed by atoms with Crippen molar-refractivity contribution in [1.82, 2.24) is 9.55 Å². The van der Waals surface area contributed by atoms with Gasteiger partial charge in [-0.25, -0.2) is 4.98 Å². The van der Waals surface area contributed by atoms with E-state index in [0.29, 0.717) is 26.8 Å². The molecule has 0 saturated carbocycles. The van der Waals surface area contributed by atoms with Crippen LogP contribution in [-0.4, -0.2) is 27.4 Å². The number of para-hydroxylation sites is 1. The maximum absolute atomic E-state index is 13.0. The minimum Gasteiger partial charge on any atom is -0.462 e. The van der Waals surface area contributed by atoms with E-state index in [1.807, 2.05) is 6.07 Å². The minimum atomic E-state index is -0.352. The number of carbonyl (C=O) groups is 1. The topological polar surface area (TPSA) is 61.2 Å². The van der Waals surface area contributed by atoms with Gasteiger partial charge in [0.1, 0.15) is 0 Å². The lowest BCUT2D eigenvalue weighted by Gasteiger charge is -2.13. The van der Waals surface area contributed by atoms with Crippen LogP contribution in [0.2, 0.25) is 5.02 Å². The number of thioether (sulfide) groups is 1. The zero-order valence-corrected chi connectivity index (χ0v) is 15.9. The molecule has 1 aromatic heterocycles. The van der Waals surface area contributed by atoms with Crippen LogP contribution in [0.3, 0.4) is 0 Å². The van der Waals surface area contributed by atoms with Crippen LogP contribution in [0.5, 0.6) is 0 Å². The number of halogens is 1. The predicted molar refractivity (Wildman–Crippen MR) is 104 cm³/mol. The van der Waals surface area contributed by atoms with Crippen LogP contribution in [0.25, 0.3) is 16.6 Å². The highest BCUT2D eigenvalue weighted by Crippen LogP contribution is 2.22. The molecule has 0 aliphatic heterocycles. The Bertz CT molecular complexity index is 1000. The summed E-state index contributed by atoms with van der Waals surface area (Å²) in [5.74, 6) is -0.286. The number of nitrogens with zero attached hydrogens (tertiary/aromatic N) is 2. The van der Waals surface area contributed by atoms with Crippen LogP contribution in [0, 0.1) is 0 Å². The number of ether oxygens (including phenoxy) is 1. The standard InChI is InChI=1S/C19H17ClN2O3S/c1-12(2)25-17(23)11-26-19-21-16-6-4-3-5-15(16)18(24)22(19)14-9-7-13(20)8-10-14/h3-10,12H,11H2,1-2H3. The van der Waals surface area contributed by atoms with Gasteiger partial charge in [0.05, 0.1) is 28.4 Å². The number of benzene rings is 2. The fourth-order valence-electron chi connectivity index (χ4n) is 2.45. The molecule has 0 N–H and O–H groups in total. The van der Waals surface area contributed by atoms with E-state index in [2.05, 4.69) is 4.98 Å². The van der Waals surface area contributed by atoms with Gasteiger partial charge in [-0.15, -0.1) is 0 Å². The molecule has 0 atom stereocenters. The molecule has 0 bridgehead atoms. The molecule has 0 spiro atoms. The van der Waals surface area contributed by atoms with Gasteiger partial charge in [0.2, 0.25) is 0 Å². The molecule has 0 radical (unpaired) electrons. The van der Waals surface area contributed by atoms with Crippen molar-refractivity contribution in [3.8, 4) is 5.69 Å². The molecule has 0 aliphatic carbocycles. The summed E-state index contributed by atoms with van der Waals surface area (Å²) in [6.07, 6.45) is -0.189. The lowest BCUT2D eigenvalue weighted by Crippen LogP contribution is -2.22. The highest BCUT2D eigenvalue weighted by Gasteiger charge is 2.15. The second kappa shape index (κ2) is 7.93. The average molecular weight is 389 g/mol. The smallest absolute Gasteiger partial charge is 0.316 e. The Kier molecular flexibility index (Phi) is 5.64. The summed E-state index contributed by atoms with van der Waals surface area (Å²) < 4.78 is 6.65. The summed E-state index contributed by atoms with van der Waals surface area (Å²) in [6, 6.07) is 14.0. The molecule has 0 aliphatic rings. The van der Waals surface area contributed by atoms with E-state index in [4.69, 9.17) is 16.3 Å². The third kappa shape index (κ3) is 4.08. The number of carbonyl (C=O) groups excluding carboxylic acids is 1. The molecular formula is C19H17ClN2O3S. The first kappa shape index (κ1) is 18.5. The van der Waals surface area contributed by atoms with Crippen LogP contribution in [0.1, 0.15) is 13.8 Å². The number of aromatic nitrogens is 2. The molecule has 0 unspecified atom stereocenters. The Hall–Kier alpha value is -2.31. The van der Waals surface area contributed by atoms with E-state index in [-0.39, 0.29) is 23.4 Å². The molecule has 134 valence electrons. The van der Waals surface area contributed by atoms with Gasteiger partial charge >= 0.3 is 5.97 Å². The molecule has 2 aromatic carbocycles. The first-order chi connectivity index (χ1) is 12.5. The fraction of sp³-hybridized carbons (Fsp3) is 0.211. The second-order valence-electron chi connectivity index (χ2n) is 5.86. The molecule has 7 heteroatoms. The van der Waals surface area contributed by atoms with Gasteiger partial charge in [0.25, 0.3) is 5.56 Å². The number of hydrogen-bond acceptors (Lipinski definition) is 5. The van der Waals surface area contributed by atoms with Gasteiger partial charge in [-0.05, 0) is 50.2 Å². The zero-order valence-electron chi connectivity index (χ0n) is 14.3. The minimum absolute atomic E-state index is 0.0660. The zero-order chi connectivity index (χ0) is 18.7. The van der Waals surface area contributed by atoms with Crippen LogP contribution in [-0.2, 0) is 9.53 Å². The number of rotatable bonds is 5. The SMILES string of the molecule is CC(C)OC(=O)CSc1nc2ccccc2c(=O)n1-c1ccc(Cl)cc1. The molecule has 0 fully saturated rings. The fourth-order valence-corrected chi connectivity index (χ4v) is 3.37. The van der Waals surface area contributed by atoms with Crippen molar-refractivity contribution in [2.24, 2.45) is 0 Å². The Morgan fingerprint density at radius 3 is 2.58 bits per heavy atom. The van der Waals surface area contributed by atoms with E-state index in [1.165, 1.54) is 16.3 Å². The van der Waals surface area contributed by atoms with E-state index in [0.717, 1.165) is 0 Å². The number of fused-ring (bicyclic) bond motifs is 1. The van der Waals surface area contributed by atoms with Crippen LogP contribution < -0.4 is 5.56 Å². The largest absolute Gasteiger partial charge is 0.462 e. The summed E-state index contributed by atoms with van der Waals surface area (Å²) in [6.45, 7) is 3.58. The van der Waals surface area contributed by atoms with Gasteiger partial charge < -0.3 is 4.74 Å². The van der Waals surface area contributed by atoms with Crippen molar-refractivity contribution in [3.05, 3.63) is 63.9 Å². The van der Waals surface area contributed by atoms with Crippen LogP contribution in [0.15, 0.2) is 58.5 Å². The van der Waals surface area contributed by atoms with Crippen molar-refractivity contribution in [2.45, 2.75) is 25.1 Å². The Morgan fingerprint density at radius 1 is 1.19 bits per heavy atom. The van der Waals surface area contributed by atoms with Gasteiger partial charge in [-0.3, -0.25) is 14.2 Å². The lowest BCUT2D eigenvalue weighted by molar-refractivity contribution is -0.144. The van der Waals surface area contributed by atoms with E-state index in [1.54, 1.807) is 56.3 Å². The molecule has 26 heavy (non-hydrogen) atoms. The summed E-state index contributed by atoms with van der Waals surface area (Å²) in [5.41, 5.74) is 1.03. The second-order valence-corrected chi connectivity index (χ2v) is 7.23. The van der Waals surface area contributed by atoms with Crippen molar-refractivity contribution >= 4 is 40.2 Å². The summed E-state index contributed by atoms with van der Waals surface area (Å²) in [7, 11) is 0. The number of esters is 1. The monoisotopic (exact) mass is 388 g/mol. The Labute approximate surface area is 160 Å². The third-order valence-electron chi connectivity index (χ3n) is 3.52. The van der Waals surface area contributed by atoms with Crippen LogP contribution in [0.4, 0.5) is 0 Å². The molecule has 1 heterocycles. The quantitative estimate of drug-likeness (QED) is 0.374. The highest BCUT2D eigenvalue weighted by molar-refractivity contribution is 7.99. The van der Waals surface area contributed by atoms with Crippen molar-refractivity contribution in [3.63, 3.8) is 0 Å².